The first-order chi connectivity index (χ1) is 16.6. The fraction of sp³-hybridized carbons (Fsp3) is 0.667. The maximum absolute atomic E-state index is 10.5. The molecule has 2 aliphatic rings. The third-order valence-corrected chi connectivity index (χ3v) is 6.00. The van der Waals surface area contributed by atoms with Crippen LogP contribution in [0, 0.1) is 11.8 Å². The van der Waals surface area contributed by atoms with Gasteiger partial charge in [-0.15, -0.1) is 0 Å². The van der Waals surface area contributed by atoms with Gasteiger partial charge in [0.2, 0.25) is 0 Å². The minimum atomic E-state index is -1.58. The first kappa shape index (κ1) is 29.4. The van der Waals surface area contributed by atoms with Gasteiger partial charge in [-0.2, -0.15) is 0 Å². The monoisotopic (exact) mass is 502 g/mol. The van der Waals surface area contributed by atoms with Crippen molar-refractivity contribution >= 4 is 0 Å². The highest BCUT2D eigenvalue weighted by Crippen LogP contribution is 2.26. The lowest BCUT2D eigenvalue weighted by atomic mass is 9.99. The fourth-order valence-electron chi connectivity index (χ4n) is 3.75. The van der Waals surface area contributed by atoms with Crippen molar-refractivity contribution in [3.05, 3.63) is 48.0 Å². The molecule has 6 unspecified atom stereocenters. The lowest BCUT2D eigenvalue weighted by Gasteiger charge is -2.31. The minimum absolute atomic E-state index is 0.0145. The van der Waals surface area contributed by atoms with Crippen LogP contribution in [0.2, 0.25) is 0 Å². The molecule has 6 atom stereocenters. The Labute approximate surface area is 204 Å². The third kappa shape index (κ3) is 10.00. The maximum Gasteiger partial charge on any atom is 0.189 e. The lowest BCUT2D eigenvalue weighted by Crippen LogP contribution is -2.37. The van der Waals surface area contributed by atoms with Gasteiger partial charge in [-0.3, -0.25) is 0 Å². The van der Waals surface area contributed by atoms with Crippen molar-refractivity contribution in [2.75, 3.05) is 26.4 Å². The van der Waals surface area contributed by atoms with Gasteiger partial charge in [-0.25, -0.2) is 0 Å². The Kier molecular flexibility index (Phi) is 11.8. The van der Waals surface area contributed by atoms with E-state index in [2.05, 4.69) is 0 Å². The van der Waals surface area contributed by atoms with Crippen molar-refractivity contribution < 1.29 is 55.1 Å². The predicted octanol–water partition coefficient (Wildman–Crippen LogP) is 0.631. The quantitative estimate of drug-likeness (QED) is 0.138. The molecule has 8 N–H and O–H groups in total. The van der Waals surface area contributed by atoms with Gasteiger partial charge in [0.25, 0.3) is 0 Å². The van der Waals surface area contributed by atoms with E-state index in [-0.39, 0.29) is 76.5 Å². The van der Waals surface area contributed by atoms with Crippen LogP contribution in [0.25, 0.3) is 0 Å². The molecule has 11 nitrogen and oxygen atoms in total. The van der Waals surface area contributed by atoms with Gasteiger partial charge in [0.1, 0.15) is 11.5 Å². The molecular weight excluding hydrogens is 464 g/mol. The molecule has 0 saturated carbocycles. The second-order valence-corrected chi connectivity index (χ2v) is 8.76. The van der Waals surface area contributed by atoms with E-state index < -0.39 is 36.0 Å². The van der Waals surface area contributed by atoms with E-state index >= 15 is 0 Å². The maximum atomic E-state index is 10.5. The Hall–Kier alpha value is -1.80. The molecular formula is C24H38O11. The van der Waals surface area contributed by atoms with Gasteiger partial charge in [0, 0.05) is 37.9 Å². The van der Waals surface area contributed by atoms with Gasteiger partial charge in [-0.05, 0) is 62.1 Å². The molecule has 0 spiro atoms. The zero-order valence-electron chi connectivity index (χ0n) is 19.6. The highest BCUT2D eigenvalue weighted by molar-refractivity contribution is 5.20. The molecule has 11 heteroatoms. The molecule has 0 fully saturated rings. The molecule has 35 heavy (non-hydrogen) atoms. The fourth-order valence-corrected chi connectivity index (χ4v) is 3.75. The summed E-state index contributed by atoms with van der Waals surface area (Å²) in [5.41, 5.74) is 0. The first-order valence-electron chi connectivity index (χ1n) is 11.7. The van der Waals surface area contributed by atoms with Crippen LogP contribution < -0.4 is 0 Å². The topological polar surface area (TPSA) is 190 Å². The Bertz CT molecular complexity index is 703. The number of allylic oxidation sites excluding steroid dienone is 2. The van der Waals surface area contributed by atoms with Crippen molar-refractivity contribution in [3.8, 4) is 0 Å². The number of hydrogen-bond donors (Lipinski definition) is 8. The second kappa shape index (κ2) is 14.1. The van der Waals surface area contributed by atoms with Crippen molar-refractivity contribution in [3.63, 3.8) is 0 Å². The normalized spacial score (nSPS) is 27.7. The van der Waals surface area contributed by atoms with Crippen LogP contribution in [-0.4, -0.2) is 91.4 Å². The van der Waals surface area contributed by atoms with E-state index in [1.54, 1.807) is 0 Å². The molecule has 0 aromatic rings. The average molecular weight is 503 g/mol. The average Bonchev–Trinajstić information content (AvgIpc) is 2.82. The van der Waals surface area contributed by atoms with E-state index in [1.165, 1.54) is 36.5 Å². The second-order valence-electron chi connectivity index (χ2n) is 8.76. The van der Waals surface area contributed by atoms with Crippen LogP contribution in [-0.2, 0) is 14.2 Å². The number of aliphatic hydroxyl groups is 8. The summed E-state index contributed by atoms with van der Waals surface area (Å²) in [6, 6.07) is 0. The summed E-state index contributed by atoms with van der Waals surface area (Å²) in [6.45, 7) is -0.459. The standard InChI is InChI=1S/C24H38O11/c25-13-5-17(7-15-33-23(31)9-1-19(27)2-10-23)21(29)35-22(30)18(6-14-26)8-16-34-24(32)11-3-20(28)4-12-24/h1-4,9,11,17-18,21-22,25-32H,5-8,10,12-16H2. The lowest BCUT2D eigenvalue weighted by molar-refractivity contribution is -0.255. The number of aliphatic hydroxyl groups excluding tert-OH is 6. The Morgan fingerprint density at radius 1 is 0.714 bits per heavy atom. The number of hydrogen-bond acceptors (Lipinski definition) is 11. The van der Waals surface area contributed by atoms with Gasteiger partial charge < -0.3 is 55.1 Å². The van der Waals surface area contributed by atoms with E-state index in [9.17, 15) is 40.9 Å². The Morgan fingerprint density at radius 3 is 1.43 bits per heavy atom. The zero-order chi connectivity index (χ0) is 25.9. The zero-order valence-corrected chi connectivity index (χ0v) is 19.6. The molecule has 0 bridgehead atoms. The van der Waals surface area contributed by atoms with Crippen molar-refractivity contribution in [2.24, 2.45) is 11.8 Å². The number of ether oxygens (including phenoxy) is 3. The number of rotatable bonds is 16. The van der Waals surface area contributed by atoms with Gasteiger partial charge in [-0.1, -0.05) is 0 Å². The van der Waals surface area contributed by atoms with E-state index in [0.717, 1.165) is 0 Å². The first-order valence-corrected chi connectivity index (χ1v) is 11.7. The van der Waals surface area contributed by atoms with Gasteiger partial charge >= 0.3 is 0 Å². The molecule has 0 heterocycles. The summed E-state index contributed by atoms with van der Waals surface area (Å²) in [4.78, 5) is 0. The van der Waals surface area contributed by atoms with Gasteiger partial charge in [0.15, 0.2) is 24.2 Å². The molecule has 2 aliphatic carbocycles. The van der Waals surface area contributed by atoms with Crippen LogP contribution in [0.3, 0.4) is 0 Å². The predicted molar refractivity (Wildman–Crippen MR) is 123 cm³/mol. The molecule has 200 valence electrons. The molecule has 0 aromatic carbocycles. The van der Waals surface area contributed by atoms with Crippen molar-refractivity contribution in [1.82, 2.24) is 0 Å². The summed E-state index contributed by atoms with van der Waals surface area (Å²) in [5.74, 6) is -4.35. The van der Waals surface area contributed by atoms with Gasteiger partial charge in [0.05, 0.1) is 13.2 Å². The molecule has 0 aromatic heterocycles. The van der Waals surface area contributed by atoms with Crippen molar-refractivity contribution in [2.45, 2.75) is 62.7 Å². The summed E-state index contributed by atoms with van der Waals surface area (Å²) in [7, 11) is 0. The van der Waals surface area contributed by atoms with Crippen LogP contribution in [0.15, 0.2) is 48.0 Å². The Morgan fingerprint density at radius 2 is 1.11 bits per heavy atom. The van der Waals surface area contributed by atoms with Crippen molar-refractivity contribution in [1.29, 1.82) is 0 Å². The van der Waals surface area contributed by atoms with Crippen LogP contribution in [0.1, 0.15) is 38.5 Å². The minimum Gasteiger partial charge on any atom is -0.508 e. The molecule has 0 aliphatic heterocycles. The molecule has 2 rings (SSSR count). The highest BCUT2D eigenvalue weighted by atomic mass is 16.7. The van der Waals surface area contributed by atoms with E-state index in [4.69, 9.17) is 14.2 Å². The summed E-state index contributed by atoms with van der Waals surface area (Å²) >= 11 is 0. The summed E-state index contributed by atoms with van der Waals surface area (Å²) in [5, 5.41) is 79.1. The van der Waals surface area contributed by atoms with Crippen LogP contribution in [0.5, 0.6) is 0 Å². The Balaban J connectivity index is 1.83. The summed E-state index contributed by atoms with van der Waals surface area (Å²) in [6.07, 6.45) is 6.01. The molecule has 0 amide bonds. The molecule has 0 radical (unpaired) electrons. The highest BCUT2D eigenvalue weighted by Gasteiger charge is 2.31. The largest absolute Gasteiger partial charge is 0.508 e. The van der Waals surface area contributed by atoms with E-state index in [1.807, 2.05) is 0 Å². The SMILES string of the molecule is OCCC(CCOC1(O)C=CC(O)=CC1)C(O)OC(O)C(CCO)CCOC1(O)C=CC(O)=CC1. The molecule has 0 saturated heterocycles. The van der Waals surface area contributed by atoms with Crippen LogP contribution in [0.4, 0.5) is 0 Å². The van der Waals surface area contributed by atoms with Crippen LogP contribution >= 0.6 is 0 Å². The third-order valence-electron chi connectivity index (χ3n) is 6.00. The smallest absolute Gasteiger partial charge is 0.189 e. The van der Waals surface area contributed by atoms with E-state index in [0.29, 0.717) is 0 Å². The summed E-state index contributed by atoms with van der Waals surface area (Å²) < 4.78 is 16.3.